The van der Waals surface area contributed by atoms with Crippen molar-refractivity contribution in [1.82, 2.24) is 15.3 Å². The lowest BCUT2D eigenvalue weighted by molar-refractivity contribution is -0.138. The number of rotatable bonds is 3. The smallest absolute Gasteiger partial charge is 0.275 e. The summed E-state index contributed by atoms with van der Waals surface area (Å²) in [5.41, 5.74) is -1.48. The van der Waals surface area contributed by atoms with Crippen LogP contribution in [0, 0.1) is 0 Å². The molecule has 0 unspecified atom stereocenters. The van der Waals surface area contributed by atoms with Gasteiger partial charge in [-0.15, -0.1) is 0 Å². The molecule has 0 saturated carbocycles. The van der Waals surface area contributed by atoms with Gasteiger partial charge in [-0.25, -0.2) is 12.8 Å². The van der Waals surface area contributed by atoms with E-state index in [1.165, 1.54) is 20.9 Å². The Bertz CT molecular complexity index is 734. The van der Waals surface area contributed by atoms with Gasteiger partial charge in [0.1, 0.15) is 11.4 Å². The number of sulfone groups is 1. The van der Waals surface area contributed by atoms with E-state index >= 15 is 0 Å². The van der Waals surface area contributed by atoms with Gasteiger partial charge < -0.3 is 0 Å². The molecule has 0 radical (unpaired) electrons. The monoisotopic (exact) mass is 343 g/mol. The number of aromatic nitrogens is 2. The lowest BCUT2D eigenvalue weighted by Crippen LogP contribution is -2.23. The Balaban J connectivity index is 2.42. The molecule has 0 saturated heterocycles. The van der Waals surface area contributed by atoms with Crippen molar-refractivity contribution in [2.75, 3.05) is 0 Å². The maximum atomic E-state index is 14.0. The first-order valence-corrected chi connectivity index (χ1v) is 7.66. The molecule has 1 aliphatic heterocycles. The van der Waals surface area contributed by atoms with Crippen molar-refractivity contribution in [3.05, 3.63) is 28.3 Å². The van der Waals surface area contributed by atoms with Gasteiger partial charge in [-0.05, 0) is 13.8 Å². The van der Waals surface area contributed by atoms with Gasteiger partial charge in [-0.1, -0.05) is 0 Å². The molecule has 124 valence electrons. The predicted molar refractivity (Wildman–Crippen MR) is 67.3 cm³/mol. The Labute approximate surface area is 123 Å². The van der Waals surface area contributed by atoms with Crippen LogP contribution >= 0.6 is 0 Å². The molecule has 0 aromatic carbocycles. The van der Waals surface area contributed by atoms with Crippen molar-refractivity contribution in [2.45, 2.75) is 31.4 Å². The van der Waals surface area contributed by atoms with Crippen LogP contribution in [0.15, 0.2) is 17.1 Å². The summed E-state index contributed by atoms with van der Waals surface area (Å²) >= 11 is 0. The van der Waals surface area contributed by atoms with Crippen molar-refractivity contribution in [1.29, 1.82) is 0 Å². The number of hydrogen-bond acceptors (Lipinski definition) is 5. The molecule has 2 heterocycles. The fourth-order valence-corrected chi connectivity index (χ4v) is 3.27. The topological polar surface area (TPSA) is 73.2 Å². The molecule has 11 heteroatoms. The number of nitrogens with zero attached hydrogens (tertiary/aromatic N) is 2. The first-order valence-electron chi connectivity index (χ1n) is 6.01. The molecular weight excluding hydrogens is 330 g/mol. The zero-order chi connectivity index (χ0) is 16.9. The van der Waals surface area contributed by atoms with Gasteiger partial charge >= 0.3 is 6.18 Å². The molecule has 1 aromatic heterocycles. The van der Waals surface area contributed by atoms with E-state index in [1.807, 2.05) is 5.48 Å². The normalized spacial score (nSPS) is 18.7. The second-order valence-electron chi connectivity index (χ2n) is 5.28. The average molecular weight is 343 g/mol. The van der Waals surface area contributed by atoms with Gasteiger partial charge in [0.05, 0.1) is 11.3 Å². The number of hydrogen-bond donors (Lipinski definition) is 1. The molecule has 2 rings (SSSR count). The lowest BCUT2D eigenvalue weighted by Gasteiger charge is -2.12. The molecule has 1 N–H and O–H groups in total. The van der Waals surface area contributed by atoms with Crippen LogP contribution in [0.4, 0.5) is 17.6 Å². The van der Waals surface area contributed by atoms with Gasteiger partial charge in [-0.2, -0.15) is 18.3 Å². The Kier molecular flexibility index (Phi) is 3.77. The summed E-state index contributed by atoms with van der Waals surface area (Å²) < 4.78 is 77.6. The average Bonchev–Trinajstić information content (AvgIpc) is 2.80. The Morgan fingerprint density at radius 2 is 2.00 bits per heavy atom. The van der Waals surface area contributed by atoms with Crippen LogP contribution in [0.2, 0.25) is 0 Å². The van der Waals surface area contributed by atoms with Crippen molar-refractivity contribution in [3.8, 4) is 0 Å². The van der Waals surface area contributed by atoms with Crippen molar-refractivity contribution >= 4 is 9.84 Å². The van der Waals surface area contributed by atoms with E-state index in [0.717, 1.165) is 4.68 Å². The quantitative estimate of drug-likeness (QED) is 0.848. The third-order valence-corrected chi connectivity index (χ3v) is 4.51. The Morgan fingerprint density at radius 3 is 2.45 bits per heavy atom. The molecule has 0 aliphatic carbocycles. The fourth-order valence-electron chi connectivity index (χ4n) is 1.87. The van der Waals surface area contributed by atoms with Crippen LogP contribution in [0.3, 0.4) is 0 Å². The first kappa shape index (κ1) is 16.7. The largest absolute Gasteiger partial charge is 0.419 e. The van der Waals surface area contributed by atoms with Crippen LogP contribution in [0.1, 0.15) is 25.1 Å². The highest BCUT2D eigenvalue weighted by Crippen LogP contribution is 2.35. The number of halogens is 4. The van der Waals surface area contributed by atoms with E-state index in [9.17, 15) is 26.0 Å². The summed E-state index contributed by atoms with van der Waals surface area (Å²) in [7, 11) is -3.18. The third-order valence-electron chi connectivity index (χ3n) is 2.98. The maximum absolute atomic E-state index is 14.0. The molecule has 6 nitrogen and oxygen atoms in total. The second-order valence-corrected chi connectivity index (χ2v) is 7.20. The van der Waals surface area contributed by atoms with Gasteiger partial charge in [0.25, 0.3) is 0 Å². The molecule has 0 fully saturated rings. The van der Waals surface area contributed by atoms with Crippen molar-refractivity contribution < 1.29 is 30.8 Å². The van der Waals surface area contributed by atoms with E-state index in [4.69, 9.17) is 4.84 Å². The minimum atomic E-state index is -4.76. The van der Waals surface area contributed by atoms with Crippen LogP contribution in [0.25, 0.3) is 0 Å². The van der Waals surface area contributed by atoms with Crippen LogP contribution < -0.4 is 5.48 Å². The summed E-state index contributed by atoms with van der Waals surface area (Å²) in [6, 6.07) is 0. The van der Waals surface area contributed by atoms with E-state index in [2.05, 4.69) is 5.10 Å². The third kappa shape index (κ3) is 2.95. The highest BCUT2D eigenvalue weighted by atomic mass is 32.2. The number of hydroxylamine groups is 1. The SMILES string of the molecule is Cn1cc(C(F)(F)F)c(CS(=O)(=O)C2=C(F)C(C)(C)ON2)n1. The number of alkyl halides is 3. The van der Waals surface area contributed by atoms with Gasteiger partial charge in [0.2, 0.25) is 9.84 Å². The number of aryl methyl sites for hydroxylation is 1. The van der Waals surface area contributed by atoms with E-state index in [0.29, 0.717) is 6.20 Å². The summed E-state index contributed by atoms with van der Waals surface area (Å²) in [4.78, 5) is 4.77. The molecule has 0 spiro atoms. The molecule has 22 heavy (non-hydrogen) atoms. The molecule has 1 aromatic rings. The molecular formula is C11H13F4N3O3S. The van der Waals surface area contributed by atoms with Crippen LogP contribution in [-0.2, 0) is 33.7 Å². The lowest BCUT2D eigenvalue weighted by atomic mass is 10.1. The molecule has 1 aliphatic rings. The van der Waals surface area contributed by atoms with Crippen molar-refractivity contribution in [2.24, 2.45) is 7.05 Å². The number of nitrogens with one attached hydrogen (secondary N) is 1. The zero-order valence-corrected chi connectivity index (χ0v) is 12.6. The molecule has 0 bridgehead atoms. The van der Waals surface area contributed by atoms with E-state index < -0.39 is 49.5 Å². The summed E-state index contributed by atoms with van der Waals surface area (Å²) in [5, 5.41) is 2.62. The second kappa shape index (κ2) is 4.95. The first-order chi connectivity index (χ1) is 9.84. The summed E-state index contributed by atoms with van der Waals surface area (Å²) in [6.07, 6.45) is -4.09. The van der Waals surface area contributed by atoms with Gasteiger partial charge in [-0.3, -0.25) is 15.0 Å². The highest BCUT2D eigenvalue weighted by Gasteiger charge is 2.43. The molecule has 0 atom stereocenters. The van der Waals surface area contributed by atoms with Gasteiger partial charge in [0, 0.05) is 13.2 Å². The van der Waals surface area contributed by atoms with Crippen LogP contribution in [-0.4, -0.2) is 23.8 Å². The minimum absolute atomic E-state index is 0.665. The summed E-state index contributed by atoms with van der Waals surface area (Å²) in [6.45, 7) is 2.56. The maximum Gasteiger partial charge on any atom is 0.419 e. The van der Waals surface area contributed by atoms with Crippen molar-refractivity contribution in [3.63, 3.8) is 0 Å². The zero-order valence-electron chi connectivity index (χ0n) is 11.8. The minimum Gasteiger partial charge on any atom is -0.275 e. The Hall–Kier alpha value is -1.62. The van der Waals surface area contributed by atoms with E-state index in [1.54, 1.807) is 0 Å². The standard InChI is InChI=1S/C11H13F4N3O3S/c1-10(2)8(12)9(17-21-10)22(19,20)5-7-6(11(13,14)15)4-18(3)16-7/h4,17H,5H2,1-3H3. The van der Waals surface area contributed by atoms with E-state index in [-0.39, 0.29) is 0 Å². The molecule has 0 amide bonds. The van der Waals surface area contributed by atoms with Gasteiger partial charge in [0.15, 0.2) is 10.9 Å². The highest BCUT2D eigenvalue weighted by molar-refractivity contribution is 7.94. The van der Waals surface area contributed by atoms with Crippen LogP contribution in [0.5, 0.6) is 0 Å². The Morgan fingerprint density at radius 1 is 1.41 bits per heavy atom. The predicted octanol–water partition coefficient (Wildman–Crippen LogP) is 1.81. The summed E-state index contributed by atoms with van der Waals surface area (Å²) in [5.74, 6) is -2.20. The fraction of sp³-hybridized carbons (Fsp3) is 0.545.